The number of rotatable bonds is 7. The highest BCUT2D eigenvalue weighted by Gasteiger charge is 2.24. The molecular formula is C25H22ClN3O4S. The molecule has 0 aromatic heterocycles. The molecule has 1 N–H and O–H groups in total. The fourth-order valence-corrected chi connectivity index (χ4v) is 4.78. The van der Waals surface area contributed by atoms with Gasteiger partial charge in [0.05, 0.1) is 25.3 Å². The van der Waals surface area contributed by atoms with Crippen molar-refractivity contribution in [2.45, 2.75) is 0 Å². The van der Waals surface area contributed by atoms with Gasteiger partial charge in [0.15, 0.2) is 0 Å². The highest BCUT2D eigenvalue weighted by molar-refractivity contribution is 7.92. The van der Waals surface area contributed by atoms with Crippen molar-refractivity contribution in [1.82, 2.24) is 5.43 Å². The molecule has 0 aliphatic rings. The molecule has 0 saturated carbocycles. The molecule has 34 heavy (non-hydrogen) atoms. The van der Waals surface area contributed by atoms with Crippen molar-refractivity contribution in [3.8, 4) is 5.75 Å². The van der Waals surface area contributed by atoms with Crippen LogP contribution in [0.3, 0.4) is 0 Å². The molecule has 0 saturated heterocycles. The van der Waals surface area contributed by atoms with E-state index in [0.29, 0.717) is 5.02 Å². The molecule has 174 valence electrons. The van der Waals surface area contributed by atoms with Crippen molar-refractivity contribution in [3.05, 3.63) is 83.4 Å². The Labute approximate surface area is 202 Å². The lowest BCUT2D eigenvalue weighted by Gasteiger charge is -2.23. The van der Waals surface area contributed by atoms with Crippen molar-refractivity contribution in [3.63, 3.8) is 0 Å². The van der Waals surface area contributed by atoms with Crippen LogP contribution in [0.15, 0.2) is 77.9 Å². The Morgan fingerprint density at radius 3 is 2.24 bits per heavy atom. The molecule has 0 radical (unpaired) electrons. The van der Waals surface area contributed by atoms with E-state index in [0.717, 1.165) is 37.7 Å². The molecule has 0 atom stereocenters. The zero-order valence-corrected chi connectivity index (χ0v) is 20.1. The van der Waals surface area contributed by atoms with Crippen LogP contribution in [0.25, 0.3) is 21.5 Å². The minimum Gasteiger partial charge on any atom is -0.495 e. The Balaban J connectivity index is 1.62. The maximum Gasteiger partial charge on any atom is 0.260 e. The van der Waals surface area contributed by atoms with E-state index in [1.807, 2.05) is 48.5 Å². The zero-order valence-electron chi connectivity index (χ0n) is 18.5. The lowest BCUT2D eigenvalue weighted by Crippen LogP contribution is -2.39. The Morgan fingerprint density at radius 1 is 1.03 bits per heavy atom. The standard InChI is InChI=1S/C25H22ClN3O4S/c1-33-24-12-11-19(26)14-23(24)29(34(2,31)32)16-25(30)28-27-15-22-20-9-5-3-7-17(20)13-18-8-4-6-10-21(18)22/h3-15H,16H2,1-2H3,(H,28,30)/b27-15-. The predicted octanol–water partition coefficient (Wildman–Crippen LogP) is 4.57. The summed E-state index contributed by atoms with van der Waals surface area (Å²) in [4.78, 5) is 12.7. The highest BCUT2D eigenvalue weighted by atomic mass is 35.5. The van der Waals surface area contributed by atoms with Crippen molar-refractivity contribution >= 4 is 61.0 Å². The molecule has 0 heterocycles. The third-order valence-electron chi connectivity index (χ3n) is 5.29. The molecule has 4 rings (SSSR count). The molecule has 7 nitrogen and oxygen atoms in total. The van der Waals surface area contributed by atoms with Crippen LogP contribution in [0.5, 0.6) is 5.75 Å². The number of hydrogen-bond donors (Lipinski definition) is 1. The summed E-state index contributed by atoms with van der Waals surface area (Å²) in [7, 11) is -2.41. The SMILES string of the molecule is COc1ccc(Cl)cc1N(CC(=O)N/N=C\c1c2ccccc2cc2ccccc12)S(C)(=O)=O. The van der Waals surface area contributed by atoms with Crippen molar-refractivity contribution in [2.75, 3.05) is 24.2 Å². The molecule has 0 spiro atoms. The van der Waals surface area contributed by atoms with Gasteiger partial charge in [-0.2, -0.15) is 5.10 Å². The minimum absolute atomic E-state index is 0.164. The maximum atomic E-state index is 12.7. The van der Waals surface area contributed by atoms with Gasteiger partial charge >= 0.3 is 0 Å². The van der Waals surface area contributed by atoms with E-state index in [4.69, 9.17) is 16.3 Å². The minimum atomic E-state index is -3.82. The maximum absolute atomic E-state index is 12.7. The van der Waals surface area contributed by atoms with E-state index in [9.17, 15) is 13.2 Å². The summed E-state index contributed by atoms with van der Waals surface area (Å²) in [6.07, 6.45) is 2.58. The average molecular weight is 496 g/mol. The van der Waals surface area contributed by atoms with Gasteiger partial charge in [-0.1, -0.05) is 60.1 Å². The number of carbonyl (C=O) groups excluding carboxylic acids is 1. The largest absolute Gasteiger partial charge is 0.495 e. The fourth-order valence-electron chi connectivity index (χ4n) is 3.76. The van der Waals surface area contributed by atoms with E-state index in [2.05, 4.69) is 16.6 Å². The summed E-state index contributed by atoms with van der Waals surface area (Å²) in [6, 6.07) is 22.5. The zero-order chi connectivity index (χ0) is 24.3. The first-order valence-electron chi connectivity index (χ1n) is 10.3. The van der Waals surface area contributed by atoms with Gasteiger partial charge in [-0.15, -0.1) is 0 Å². The van der Waals surface area contributed by atoms with Gasteiger partial charge in [0.1, 0.15) is 12.3 Å². The molecule has 0 unspecified atom stereocenters. The molecule has 4 aromatic carbocycles. The molecule has 0 fully saturated rings. The summed E-state index contributed by atoms with van der Waals surface area (Å²) in [6.45, 7) is -0.497. The number of anilines is 1. The summed E-state index contributed by atoms with van der Waals surface area (Å²) < 4.78 is 31.1. The molecule has 0 bridgehead atoms. The number of sulfonamides is 1. The number of amides is 1. The first-order chi connectivity index (χ1) is 16.3. The summed E-state index contributed by atoms with van der Waals surface area (Å²) in [5, 5.41) is 8.50. The number of methoxy groups -OCH3 is 1. The quantitative estimate of drug-likeness (QED) is 0.231. The lowest BCUT2D eigenvalue weighted by atomic mass is 9.97. The molecule has 0 aliphatic carbocycles. The van der Waals surface area contributed by atoms with Gasteiger partial charge in [0, 0.05) is 10.6 Å². The van der Waals surface area contributed by atoms with Crippen LogP contribution in [-0.4, -0.2) is 40.4 Å². The summed E-state index contributed by atoms with van der Waals surface area (Å²) in [5.74, 6) is -0.346. The molecule has 4 aromatic rings. The first kappa shape index (κ1) is 23.5. The van der Waals surface area contributed by atoms with Crippen LogP contribution in [0.2, 0.25) is 5.02 Å². The molecule has 9 heteroatoms. The lowest BCUT2D eigenvalue weighted by molar-refractivity contribution is -0.119. The van der Waals surface area contributed by atoms with Gasteiger partial charge in [-0.25, -0.2) is 13.8 Å². The van der Waals surface area contributed by atoms with E-state index < -0.39 is 22.5 Å². The normalized spacial score (nSPS) is 11.7. The Hall–Kier alpha value is -3.62. The molecular weight excluding hydrogens is 474 g/mol. The van der Waals surface area contributed by atoms with E-state index in [1.165, 1.54) is 19.2 Å². The van der Waals surface area contributed by atoms with Crippen molar-refractivity contribution < 1.29 is 17.9 Å². The van der Waals surface area contributed by atoms with Gasteiger partial charge in [-0.05, 0) is 45.8 Å². The van der Waals surface area contributed by atoms with Crippen molar-refractivity contribution in [2.24, 2.45) is 5.10 Å². The number of carbonyl (C=O) groups is 1. The average Bonchev–Trinajstić information content (AvgIpc) is 2.81. The van der Waals surface area contributed by atoms with Crippen LogP contribution in [0.1, 0.15) is 5.56 Å². The second-order valence-corrected chi connectivity index (χ2v) is 9.95. The second kappa shape index (κ2) is 9.70. The van der Waals surface area contributed by atoms with Crippen LogP contribution in [0.4, 0.5) is 5.69 Å². The number of hydrogen-bond acceptors (Lipinski definition) is 5. The van der Waals surface area contributed by atoms with Crippen LogP contribution >= 0.6 is 11.6 Å². The Morgan fingerprint density at radius 2 is 1.65 bits per heavy atom. The number of fused-ring (bicyclic) bond motifs is 2. The van der Waals surface area contributed by atoms with Gasteiger partial charge in [0.2, 0.25) is 10.0 Å². The first-order valence-corrected chi connectivity index (χ1v) is 12.5. The third kappa shape index (κ3) is 4.98. The summed E-state index contributed by atoms with van der Waals surface area (Å²) >= 11 is 6.05. The molecule has 1 amide bonds. The third-order valence-corrected chi connectivity index (χ3v) is 6.65. The topological polar surface area (TPSA) is 88.1 Å². The number of nitrogens with zero attached hydrogens (tertiary/aromatic N) is 2. The summed E-state index contributed by atoms with van der Waals surface area (Å²) in [5.41, 5.74) is 3.45. The van der Waals surface area contributed by atoms with E-state index in [1.54, 1.807) is 12.3 Å². The highest BCUT2D eigenvalue weighted by Crippen LogP contribution is 2.32. The van der Waals surface area contributed by atoms with Crippen LogP contribution in [-0.2, 0) is 14.8 Å². The van der Waals surface area contributed by atoms with Gasteiger partial charge < -0.3 is 4.74 Å². The number of halogens is 1. The van der Waals surface area contributed by atoms with E-state index in [-0.39, 0.29) is 11.4 Å². The van der Waals surface area contributed by atoms with Crippen molar-refractivity contribution in [1.29, 1.82) is 0 Å². The Kier molecular flexibility index (Phi) is 6.72. The molecule has 0 aliphatic heterocycles. The van der Waals surface area contributed by atoms with Crippen LogP contribution < -0.4 is 14.5 Å². The monoisotopic (exact) mass is 495 g/mol. The van der Waals surface area contributed by atoms with Crippen LogP contribution in [0, 0.1) is 0 Å². The predicted molar refractivity (Wildman–Crippen MR) is 137 cm³/mol. The smallest absolute Gasteiger partial charge is 0.260 e. The Bertz CT molecular complexity index is 1470. The fraction of sp³-hybridized carbons (Fsp3) is 0.120. The number of hydrazone groups is 1. The second-order valence-electron chi connectivity index (χ2n) is 7.61. The van der Waals surface area contributed by atoms with E-state index >= 15 is 0 Å². The number of nitrogens with one attached hydrogen (secondary N) is 1. The van der Waals surface area contributed by atoms with Gasteiger partial charge in [-0.3, -0.25) is 9.10 Å². The number of benzene rings is 4. The number of ether oxygens (including phenoxy) is 1. The van der Waals surface area contributed by atoms with Gasteiger partial charge in [0.25, 0.3) is 5.91 Å².